The van der Waals surface area contributed by atoms with Crippen molar-refractivity contribution in [3.05, 3.63) is 41.9 Å². The molecule has 0 saturated carbocycles. The molecule has 0 aliphatic heterocycles. The SMILES string of the molecule is Cc1nnc(-c2cc(-c3cc(S(=O)(=O)NCCC(C)(C)O)ccc3C)cnc2N)o1. The lowest BCUT2D eigenvalue weighted by molar-refractivity contribution is 0.0728. The molecule has 0 radical (unpaired) electrons. The van der Waals surface area contributed by atoms with Crippen LogP contribution < -0.4 is 10.5 Å². The molecule has 0 atom stereocenters. The van der Waals surface area contributed by atoms with Crippen molar-refractivity contribution in [1.29, 1.82) is 0 Å². The number of hydrogen-bond acceptors (Lipinski definition) is 8. The molecule has 0 fully saturated rings. The van der Waals surface area contributed by atoms with E-state index in [4.69, 9.17) is 10.2 Å². The lowest BCUT2D eigenvalue weighted by Gasteiger charge is -2.17. The molecule has 9 nitrogen and oxygen atoms in total. The van der Waals surface area contributed by atoms with Crippen LogP contribution in [0.4, 0.5) is 5.82 Å². The number of aryl methyl sites for hydroxylation is 2. The van der Waals surface area contributed by atoms with E-state index < -0.39 is 15.6 Å². The third-order valence-electron chi connectivity index (χ3n) is 4.53. The molecule has 0 aliphatic carbocycles. The molecule has 30 heavy (non-hydrogen) atoms. The van der Waals surface area contributed by atoms with Gasteiger partial charge < -0.3 is 15.3 Å². The van der Waals surface area contributed by atoms with Crippen LogP contribution in [0.1, 0.15) is 31.7 Å². The molecule has 0 unspecified atom stereocenters. The molecule has 4 N–H and O–H groups in total. The van der Waals surface area contributed by atoms with Gasteiger partial charge in [-0.2, -0.15) is 0 Å². The number of nitrogens with one attached hydrogen (secondary N) is 1. The Morgan fingerprint density at radius 2 is 1.90 bits per heavy atom. The van der Waals surface area contributed by atoms with Crippen molar-refractivity contribution >= 4 is 15.8 Å². The first kappa shape index (κ1) is 21.9. The van der Waals surface area contributed by atoms with Crippen LogP contribution in [0.15, 0.2) is 39.8 Å². The maximum atomic E-state index is 12.7. The lowest BCUT2D eigenvalue weighted by atomic mass is 10.0. The van der Waals surface area contributed by atoms with Crippen molar-refractivity contribution in [3.63, 3.8) is 0 Å². The Balaban J connectivity index is 1.96. The third-order valence-corrected chi connectivity index (χ3v) is 5.99. The molecule has 0 spiro atoms. The summed E-state index contributed by atoms with van der Waals surface area (Å²) in [4.78, 5) is 4.32. The number of nitrogens with two attached hydrogens (primary N) is 1. The zero-order chi connectivity index (χ0) is 22.1. The molecule has 3 rings (SSSR count). The van der Waals surface area contributed by atoms with Crippen LogP contribution in [0.2, 0.25) is 0 Å². The fraction of sp³-hybridized carbons (Fsp3) is 0.350. The van der Waals surface area contributed by atoms with E-state index >= 15 is 0 Å². The highest BCUT2D eigenvalue weighted by molar-refractivity contribution is 7.89. The van der Waals surface area contributed by atoms with E-state index in [1.54, 1.807) is 45.2 Å². The Morgan fingerprint density at radius 3 is 2.53 bits per heavy atom. The highest BCUT2D eigenvalue weighted by Gasteiger charge is 2.19. The predicted octanol–water partition coefficient (Wildman–Crippen LogP) is 2.44. The Morgan fingerprint density at radius 1 is 1.17 bits per heavy atom. The van der Waals surface area contributed by atoms with Gasteiger partial charge in [0.15, 0.2) is 0 Å². The van der Waals surface area contributed by atoms with Crippen LogP contribution >= 0.6 is 0 Å². The van der Waals surface area contributed by atoms with Crippen molar-refractivity contribution in [2.24, 2.45) is 0 Å². The fourth-order valence-electron chi connectivity index (χ4n) is 2.85. The summed E-state index contributed by atoms with van der Waals surface area (Å²) in [6.45, 7) is 6.93. The van der Waals surface area contributed by atoms with Crippen molar-refractivity contribution in [1.82, 2.24) is 19.9 Å². The zero-order valence-corrected chi connectivity index (χ0v) is 18.1. The molecule has 2 heterocycles. The van der Waals surface area contributed by atoms with Gasteiger partial charge in [0.05, 0.1) is 16.1 Å². The maximum Gasteiger partial charge on any atom is 0.251 e. The standard InChI is InChI=1S/C20H25N5O4S/c1-12-5-6-15(30(27,28)23-8-7-20(3,4)26)10-16(12)14-9-17(18(21)22-11-14)19-25-24-13(2)29-19/h5-6,9-11,23,26H,7-8H2,1-4H3,(H2,21,22). The summed E-state index contributed by atoms with van der Waals surface area (Å²) in [5.41, 5.74) is 7.71. The lowest BCUT2D eigenvalue weighted by Crippen LogP contribution is -2.30. The number of nitrogen functional groups attached to an aromatic ring is 1. The van der Waals surface area contributed by atoms with Crippen LogP contribution in [0.25, 0.3) is 22.6 Å². The summed E-state index contributed by atoms with van der Waals surface area (Å²) in [5, 5.41) is 17.6. The topological polar surface area (TPSA) is 144 Å². The smallest absolute Gasteiger partial charge is 0.251 e. The van der Waals surface area contributed by atoms with Crippen LogP contribution in [-0.4, -0.2) is 40.9 Å². The summed E-state index contributed by atoms with van der Waals surface area (Å²) < 4.78 is 33.4. The first-order chi connectivity index (χ1) is 14.0. The van der Waals surface area contributed by atoms with Crippen LogP contribution in [0, 0.1) is 13.8 Å². The number of hydrogen-bond donors (Lipinski definition) is 3. The highest BCUT2D eigenvalue weighted by atomic mass is 32.2. The second-order valence-electron chi connectivity index (χ2n) is 7.72. The van der Waals surface area contributed by atoms with Crippen LogP contribution in [0.3, 0.4) is 0 Å². The number of rotatable bonds is 7. The Hall–Kier alpha value is -2.82. The molecular formula is C20H25N5O4S. The number of sulfonamides is 1. The van der Waals surface area contributed by atoms with Crippen molar-refractivity contribution in [2.45, 2.75) is 44.6 Å². The van der Waals surface area contributed by atoms with Crippen molar-refractivity contribution in [2.75, 3.05) is 12.3 Å². The van der Waals surface area contributed by atoms with Crippen molar-refractivity contribution in [3.8, 4) is 22.6 Å². The van der Waals surface area contributed by atoms with Crippen LogP contribution in [-0.2, 0) is 10.0 Å². The molecule has 10 heteroatoms. The molecule has 0 bridgehead atoms. The number of benzene rings is 1. The number of nitrogens with zero attached hydrogens (tertiary/aromatic N) is 3. The summed E-state index contributed by atoms with van der Waals surface area (Å²) in [5.74, 6) is 0.877. The number of aromatic nitrogens is 3. The minimum absolute atomic E-state index is 0.117. The van der Waals surface area contributed by atoms with Gasteiger partial charge >= 0.3 is 0 Å². The molecule has 0 amide bonds. The molecular weight excluding hydrogens is 406 g/mol. The minimum Gasteiger partial charge on any atom is -0.421 e. The zero-order valence-electron chi connectivity index (χ0n) is 17.3. The van der Waals surface area contributed by atoms with E-state index in [1.807, 2.05) is 6.92 Å². The average molecular weight is 432 g/mol. The number of pyridine rings is 1. The molecule has 2 aromatic heterocycles. The van der Waals surface area contributed by atoms with E-state index in [0.29, 0.717) is 29.0 Å². The summed E-state index contributed by atoms with van der Waals surface area (Å²) >= 11 is 0. The van der Waals surface area contributed by atoms with Gasteiger partial charge in [0.1, 0.15) is 5.82 Å². The largest absolute Gasteiger partial charge is 0.421 e. The highest BCUT2D eigenvalue weighted by Crippen LogP contribution is 2.31. The Labute approximate surface area is 175 Å². The van der Waals surface area contributed by atoms with Gasteiger partial charge in [-0.1, -0.05) is 6.07 Å². The molecule has 1 aromatic carbocycles. The summed E-state index contributed by atoms with van der Waals surface area (Å²) in [6.07, 6.45) is 1.86. The molecule has 160 valence electrons. The molecule has 0 aliphatic rings. The van der Waals surface area contributed by atoms with Gasteiger partial charge in [0.25, 0.3) is 5.89 Å². The van der Waals surface area contributed by atoms with E-state index in [1.165, 1.54) is 6.07 Å². The van der Waals surface area contributed by atoms with Gasteiger partial charge in [-0.3, -0.25) is 0 Å². The maximum absolute atomic E-state index is 12.7. The van der Waals surface area contributed by atoms with E-state index in [9.17, 15) is 13.5 Å². The first-order valence-corrected chi connectivity index (χ1v) is 10.8. The summed E-state index contributed by atoms with van der Waals surface area (Å²) in [7, 11) is -3.74. The van der Waals surface area contributed by atoms with Gasteiger partial charge in [0, 0.05) is 25.2 Å². The Bertz CT molecular complexity index is 1170. The van der Waals surface area contributed by atoms with Gasteiger partial charge in [-0.05, 0) is 56.5 Å². The summed E-state index contributed by atoms with van der Waals surface area (Å²) in [6, 6.07) is 6.60. The second-order valence-corrected chi connectivity index (χ2v) is 9.49. The third kappa shape index (κ3) is 5.02. The normalized spacial score (nSPS) is 12.3. The molecule has 3 aromatic rings. The second kappa shape index (κ2) is 8.13. The monoisotopic (exact) mass is 431 g/mol. The predicted molar refractivity (Wildman–Crippen MR) is 113 cm³/mol. The van der Waals surface area contributed by atoms with Gasteiger partial charge in [-0.25, -0.2) is 18.1 Å². The number of aliphatic hydroxyl groups is 1. The van der Waals surface area contributed by atoms with Crippen molar-refractivity contribution < 1.29 is 17.9 Å². The van der Waals surface area contributed by atoms with E-state index in [0.717, 1.165) is 5.56 Å². The van der Waals surface area contributed by atoms with E-state index in [-0.39, 0.29) is 23.1 Å². The minimum atomic E-state index is -3.74. The number of anilines is 1. The molecule has 0 saturated heterocycles. The first-order valence-electron chi connectivity index (χ1n) is 9.35. The van der Waals surface area contributed by atoms with E-state index in [2.05, 4.69) is 19.9 Å². The van der Waals surface area contributed by atoms with Gasteiger partial charge in [0.2, 0.25) is 15.9 Å². The fourth-order valence-corrected chi connectivity index (χ4v) is 3.91. The quantitative estimate of drug-likeness (QED) is 0.517. The van der Waals surface area contributed by atoms with Crippen LogP contribution in [0.5, 0.6) is 0 Å². The van der Waals surface area contributed by atoms with Gasteiger partial charge in [-0.15, -0.1) is 10.2 Å². The average Bonchev–Trinajstić information content (AvgIpc) is 3.07. The Kier molecular flexibility index (Phi) is 5.93.